The highest BCUT2D eigenvalue weighted by Gasteiger charge is 2.26. The number of benzene rings is 1. The van der Waals surface area contributed by atoms with Crippen LogP contribution in [0.3, 0.4) is 0 Å². The number of hydrogen-bond acceptors (Lipinski definition) is 4. The van der Waals surface area contributed by atoms with Crippen molar-refractivity contribution in [3.05, 3.63) is 23.8 Å². The highest BCUT2D eigenvalue weighted by molar-refractivity contribution is 5.97. The largest absolute Gasteiger partial charge is 0.497 e. The number of ether oxygens (including phenoxy) is 2. The predicted octanol–water partition coefficient (Wildman–Crippen LogP) is 2.03. The number of carbonyl (C=O) groups is 2. The number of methoxy groups -OCH3 is 2. The van der Waals surface area contributed by atoms with Crippen molar-refractivity contribution in [2.45, 2.75) is 20.3 Å². The van der Waals surface area contributed by atoms with Crippen LogP contribution in [-0.2, 0) is 4.79 Å². The predicted molar refractivity (Wildman–Crippen MR) is 91.5 cm³/mol. The van der Waals surface area contributed by atoms with Crippen molar-refractivity contribution >= 4 is 11.8 Å². The topological polar surface area (TPSA) is 59.1 Å². The highest BCUT2D eigenvalue weighted by Crippen LogP contribution is 2.25. The zero-order valence-electron chi connectivity index (χ0n) is 14.9. The monoisotopic (exact) mass is 334 g/mol. The minimum Gasteiger partial charge on any atom is -0.497 e. The van der Waals surface area contributed by atoms with Gasteiger partial charge in [0.15, 0.2) is 0 Å². The summed E-state index contributed by atoms with van der Waals surface area (Å²) >= 11 is 0. The summed E-state index contributed by atoms with van der Waals surface area (Å²) in [6.07, 6.45) is 0.553. The molecule has 0 radical (unpaired) electrons. The van der Waals surface area contributed by atoms with Gasteiger partial charge in [-0.05, 0) is 24.1 Å². The van der Waals surface area contributed by atoms with Gasteiger partial charge in [0.1, 0.15) is 11.5 Å². The van der Waals surface area contributed by atoms with E-state index in [1.807, 2.05) is 18.7 Å². The second-order valence-electron chi connectivity index (χ2n) is 6.34. The molecule has 0 aromatic heterocycles. The number of nitrogens with zero attached hydrogens (tertiary/aromatic N) is 2. The molecule has 0 unspecified atom stereocenters. The zero-order valence-corrected chi connectivity index (χ0v) is 14.9. The quantitative estimate of drug-likeness (QED) is 0.827. The molecule has 1 fully saturated rings. The first kappa shape index (κ1) is 18.1. The molecule has 1 aliphatic rings. The number of carbonyl (C=O) groups excluding carboxylic acids is 2. The first-order valence-electron chi connectivity index (χ1n) is 8.25. The van der Waals surface area contributed by atoms with Crippen molar-refractivity contribution in [2.75, 3.05) is 40.4 Å². The molecular formula is C18H26N2O4. The van der Waals surface area contributed by atoms with Crippen LogP contribution in [0.5, 0.6) is 11.5 Å². The van der Waals surface area contributed by atoms with Crippen LogP contribution in [0.4, 0.5) is 0 Å². The number of piperazine rings is 1. The second kappa shape index (κ2) is 8.04. The third-order valence-corrected chi connectivity index (χ3v) is 4.14. The van der Waals surface area contributed by atoms with E-state index in [2.05, 4.69) is 0 Å². The van der Waals surface area contributed by atoms with Crippen LogP contribution in [0.25, 0.3) is 0 Å². The van der Waals surface area contributed by atoms with Crippen LogP contribution in [-0.4, -0.2) is 62.0 Å². The Morgan fingerprint density at radius 1 is 1.04 bits per heavy atom. The first-order chi connectivity index (χ1) is 11.5. The van der Waals surface area contributed by atoms with E-state index in [4.69, 9.17) is 9.47 Å². The Labute approximate surface area is 143 Å². The average Bonchev–Trinajstić information content (AvgIpc) is 2.60. The molecular weight excluding hydrogens is 308 g/mol. The maximum atomic E-state index is 12.8. The lowest BCUT2D eigenvalue weighted by atomic mass is 10.1. The lowest BCUT2D eigenvalue weighted by Gasteiger charge is -2.35. The third kappa shape index (κ3) is 4.19. The molecule has 1 heterocycles. The van der Waals surface area contributed by atoms with Crippen molar-refractivity contribution in [1.29, 1.82) is 0 Å². The molecule has 1 aromatic carbocycles. The van der Waals surface area contributed by atoms with Gasteiger partial charge in [0, 0.05) is 32.6 Å². The van der Waals surface area contributed by atoms with Crippen LogP contribution in [0, 0.1) is 5.92 Å². The van der Waals surface area contributed by atoms with E-state index >= 15 is 0 Å². The zero-order chi connectivity index (χ0) is 17.7. The summed E-state index contributed by atoms with van der Waals surface area (Å²) in [5.74, 6) is 1.56. The molecule has 0 bridgehead atoms. The normalized spacial score (nSPS) is 14.7. The van der Waals surface area contributed by atoms with Crippen LogP contribution in [0.2, 0.25) is 0 Å². The van der Waals surface area contributed by atoms with Crippen LogP contribution in [0.15, 0.2) is 18.2 Å². The minimum absolute atomic E-state index is 0.0956. The van der Waals surface area contributed by atoms with Crippen molar-refractivity contribution in [1.82, 2.24) is 9.80 Å². The van der Waals surface area contributed by atoms with E-state index in [1.54, 1.807) is 37.3 Å². The summed E-state index contributed by atoms with van der Waals surface area (Å²) < 4.78 is 10.5. The van der Waals surface area contributed by atoms with Gasteiger partial charge in [-0.1, -0.05) is 13.8 Å². The van der Waals surface area contributed by atoms with E-state index in [1.165, 1.54) is 0 Å². The molecule has 6 nitrogen and oxygen atoms in total. The van der Waals surface area contributed by atoms with Gasteiger partial charge < -0.3 is 19.3 Å². The molecule has 24 heavy (non-hydrogen) atoms. The first-order valence-corrected chi connectivity index (χ1v) is 8.25. The van der Waals surface area contributed by atoms with Gasteiger partial charge in [0.2, 0.25) is 5.91 Å². The lowest BCUT2D eigenvalue weighted by molar-refractivity contribution is -0.133. The standard InChI is InChI=1S/C18H26N2O4/c1-13(2)11-17(21)19-7-9-20(10-8-19)18(22)15-12-14(23-3)5-6-16(15)24-4/h5-6,12-13H,7-11H2,1-4H3. The molecule has 1 aliphatic heterocycles. The Morgan fingerprint density at radius 3 is 2.21 bits per heavy atom. The molecule has 6 heteroatoms. The molecule has 0 atom stereocenters. The maximum absolute atomic E-state index is 12.8. The van der Waals surface area contributed by atoms with Crippen LogP contribution < -0.4 is 9.47 Å². The van der Waals surface area contributed by atoms with Crippen LogP contribution >= 0.6 is 0 Å². The molecule has 0 N–H and O–H groups in total. The molecule has 0 aliphatic carbocycles. The lowest BCUT2D eigenvalue weighted by Crippen LogP contribution is -2.50. The summed E-state index contributed by atoms with van der Waals surface area (Å²) in [5.41, 5.74) is 0.485. The second-order valence-corrected chi connectivity index (χ2v) is 6.34. The summed E-state index contributed by atoms with van der Waals surface area (Å²) in [7, 11) is 3.11. The Kier molecular flexibility index (Phi) is 6.06. The summed E-state index contributed by atoms with van der Waals surface area (Å²) in [6.45, 7) is 6.28. The Hall–Kier alpha value is -2.24. The summed E-state index contributed by atoms with van der Waals surface area (Å²) in [5, 5.41) is 0. The van der Waals surface area contributed by atoms with E-state index in [0.717, 1.165) is 0 Å². The Balaban J connectivity index is 2.04. The highest BCUT2D eigenvalue weighted by atomic mass is 16.5. The molecule has 0 spiro atoms. The van der Waals surface area contributed by atoms with E-state index in [0.29, 0.717) is 55.6 Å². The summed E-state index contributed by atoms with van der Waals surface area (Å²) in [4.78, 5) is 28.5. The fourth-order valence-corrected chi connectivity index (χ4v) is 2.79. The van der Waals surface area contributed by atoms with Gasteiger partial charge >= 0.3 is 0 Å². The fraction of sp³-hybridized carbons (Fsp3) is 0.556. The molecule has 132 valence electrons. The average molecular weight is 334 g/mol. The van der Waals surface area contributed by atoms with Crippen LogP contribution in [0.1, 0.15) is 30.6 Å². The van der Waals surface area contributed by atoms with Gasteiger partial charge in [-0.3, -0.25) is 9.59 Å². The number of hydrogen-bond donors (Lipinski definition) is 0. The van der Waals surface area contributed by atoms with Crippen molar-refractivity contribution in [2.24, 2.45) is 5.92 Å². The third-order valence-electron chi connectivity index (χ3n) is 4.14. The maximum Gasteiger partial charge on any atom is 0.257 e. The molecule has 2 amide bonds. The smallest absolute Gasteiger partial charge is 0.257 e. The Bertz CT molecular complexity index is 593. The van der Waals surface area contributed by atoms with Gasteiger partial charge in [-0.2, -0.15) is 0 Å². The fourth-order valence-electron chi connectivity index (χ4n) is 2.79. The molecule has 0 saturated carbocycles. The van der Waals surface area contributed by atoms with Gasteiger partial charge in [-0.15, -0.1) is 0 Å². The van der Waals surface area contributed by atoms with E-state index in [9.17, 15) is 9.59 Å². The Morgan fingerprint density at radius 2 is 1.67 bits per heavy atom. The van der Waals surface area contributed by atoms with Gasteiger partial charge in [-0.25, -0.2) is 0 Å². The van der Waals surface area contributed by atoms with E-state index < -0.39 is 0 Å². The SMILES string of the molecule is COc1ccc(OC)c(C(=O)N2CCN(C(=O)CC(C)C)CC2)c1. The molecule has 1 saturated heterocycles. The van der Waals surface area contributed by atoms with Crippen molar-refractivity contribution in [3.63, 3.8) is 0 Å². The molecule has 2 rings (SSSR count). The minimum atomic E-state index is -0.0956. The van der Waals surface area contributed by atoms with Gasteiger partial charge in [0.05, 0.1) is 19.8 Å². The van der Waals surface area contributed by atoms with Crippen molar-refractivity contribution in [3.8, 4) is 11.5 Å². The number of rotatable bonds is 5. The number of amides is 2. The summed E-state index contributed by atoms with van der Waals surface area (Å²) in [6, 6.07) is 5.18. The van der Waals surface area contributed by atoms with Gasteiger partial charge in [0.25, 0.3) is 5.91 Å². The molecule has 1 aromatic rings. The van der Waals surface area contributed by atoms with E-state index in [-0.39, 0.29) is 11.8 Å². The van der Waals surface area contributed by atoms with Crippen molar-refractivity contribution < 1.29 is 19.1 Å².